The molecule has 0 fully saturated rings. The van der Waals surface area contributed by atoms with Crippen molar-refractivity contribution in [1.29, 1.82) is 0 Å². The first-order valence-electron chi connectivity index (χ1n) is 8.44. The van der Waals surface area contributed by atoms with Crippen LogP contribution in [-0.2, 0) is 9.22 Å². The Morgan fingerprint density at radius 1 is 1.18 bits per heavy atom. The van der Waals surface area contributed by atoms with Crippen molar-refractivity contribution in [3.05, 3.63) is 11.6 Å². The van der Waals surface area contributed by atoms with Gasteiger partial charge in [0.25, 0.3) is 0 Å². The van der Waals surface area contributed by atoms with Crippen molar-refractivity contribution < 1.29 is 9.22 Å². The molecule has 22 heavy (non-hydrogen) atoms. The molecule has 0 N–H and O–H groups in total. The molecule has 0 spiro atoms. The van der Waals surface area contributed by atoms with Crippen molar-refractivity contribution >= 4 is 14.1 Å². The lowest BCUT2D eigenvalue weighted by molar-refractivity contribution is -0.113. The molecule has 0 aliphatic carbocycles. The summed E-state index contributed by atoms with van der Waals surface area (Å²) in [5, 5.41) is 0.216. The number of rotatable bonds is 8. The van der Waals surface area contributed by atoms with Crippen LogP contribution in [-0.4, -0.2) is 20.7 Å². The maximum absolute atomic E-state index is 11.6. The molecule has 0 aliphatic heterocycles. The van der Waals surface area contributed by atoms with Gasteiger partial charge >= 0.3 is 0 Å². The minimum atomic E-state index is -1.71. The zero-order valence-corrected chi connectivity index (χ0v) is 16.6. The molecule has 0 bridgehead atoms. The molecule has 0 rings (SSSR count). The molecule has 0 aromatic carbocycles. The summed E-state index contributed by atoms with van der Waals surface area (Å²) in [5.41, 5.74) is 1.08. The van der Waals surface area contributed by atoms with Gasteiger partial charge in [-0.25, -0.2) is 0 Å². The Kier molecular flexibility index (Phi) is 9.63. The van der Waals surface area contributed by atoms with E-state index in [1.165, 1.54) is 12.8 Å². The Balaban J connectivity index is 4.24. The summed E-state index contributed by atoms with van der Waals surface area (Å²) in [4.78, 5) is 11.6. The van der Waals surface area contributed by atoms with E-state index in [4.69, 9.17) is 4.43 Å². The Labute approximate surface area is 138 Å². The van der Waals surface area contributed by atoms with Crippen molar-refractivity contribution in [1.82, 2.24) is 0 Å². The molecule has 0 atom stereocenters. The van der Waals surface area contributed by atoms with Crippen LogP contribution < -0.4 is 0 Å². The number of ketones is 1. The molecule has 0 unspecified atom stereocenters. The third-order valence-corrected chi connectivity index (χ3v) is 8.73. The molecule has 0 radical (unpaired) electrons. The molecule has 0 aliphatic rings. The summed E-state index contributed by atoms with van der Waals surface area (Å²) in [7, 11) is -1.71. The van der Waals surface area contributed by atoms with Crippen LogP contribution in [0.2, 0.25) is 18.1 Å². The molecule has 0 aromatic heterocycles. The van der Waals surface area contributed by atoms with Crippen molar-refractivity contribution in [2.75, 3.05) is 6.61 Å². The van der Waals surface area contributed by atoms with Crippen molar-refractivity contribution in [3.8, 4) is 11.8 Å². The first kappa shape index (κ1) is 21.1. The summed E-state index contributed by atoms with van der Waals surface area (Å²) >= 11 is 0. The molecule has 3 heteroatoms. The molecular weight excluding hydrogens is 288 g/mol. The number of Topliss-reactive ketones (excluding diaryl/α,β-unsaturated/α-hetero) is 1. The maximum Gasteiger partial charge on any atom is 0.205 e. The van der Waals surface area contributed by atoms with Crippen LogP contribution in [0, 0.1) is 11.8 Å². The zero-order chi connectivity index (χ0) is 17.2. The van der Waals surface area contributed by atoms with E-state index in [-0.39, 0.29) is 10.8 Å². The number of carbonyl (C=O) groups is 1. The van der Waals surface area contributed by atoms with E-state index in [0.29, 0.717) is 13.0 Å². The second-order valence-corrected chi connectivity index (χ2v) is 12.4. The zero-order valence-electron chi connectivity index (χ0n) is 15.6. The predicted molar refractivity (Wildman–Crippen MR) is 98.4 cm³/mol. The third-order valence-electron chi connectivity index (χ3n) is 4.25. The van der Waals surface area contributed by atoms with Crippen LogP contribution in [0.4, 0.5) is 0 Å². The highest BCUT2D eigenvalue weighted by Gasteiger charge is 2.36. The van der Waals surface area contributed by atoms with E-state index in [9.17, 15) is 4.79 Å². The van der Waals surface area contributed by atoms with Crippen LogP contribution in [0.15, 0.2) is 11.6 Å². The van der Waals surface area contributed by atoms with Gasteiger partial charge in [0.15, 0.2) is 8.32 Å². The van der Waals surface area contributed by atoms with Crippen molar-refractivity contribution in [2.45, 2.75) is 84.9 Å². The Bertz CT molecular complexity index is 431. The molecule has 0 heterocycles. The van der Waals surface area contributed by atoms with E-state index < -0.39 is 8.32 Å². The van der Waals surface area contributed by atoms with Gasteiger partial charge in [-0.05, 0) is 49.0 Å². The molecule has 0 saturated carbocycles. The number of allylic oxidation sites excluding steroid dienone is 1. The highest BCUT2D eigenvalue weighted by atomic mass is 28.4. The number of carbonyl (C=O) groups excluding carboxylic acids is 1. The Morgan fingerprint density at radius 3 is 2.36 bits per heavy atom. The largest absolute Gasteiger partial charge is 0.413 e. The summed E-state index contributed by atoms with van der Waals surface area (Å²) in [6.07, 6.45) is 6.87. The monoisotopic (exact) mass is 322 g/mol. The molecule has 2 nitrogen and oxygen atoms in total. The number of hydrogen-bond donors (Lipinski definition) is 0. The lowest BCUT2D eigenvalue weighted by Crippen LogP contribution is -2.41. The fourth-order valence-electron chi connectivity index (χ4n) is 1.57. The van der Waals surface area contributed by atoms with Gasteiger partial charge in [0.05, 0.1) is 6.61 Å². The van der Waals surface area contributed by atoms with Crippen LogP contribution in [0.25, 0.3) is 0 Å². The standard InChI is InChI=1S/C19H34O2Si/c1-8-9-10-11-14-18(20)15-12-13-17(2)16-21-22(6,7)19(3,4)5/h13H,8-11,14,16H2,1-7H3/b17-13+. The van der Waals surface area contributed by atoms with E-state index in [2.05, 4.69) is 52.6 Å². The van der Waals surface area contributed by atoms with Gasteiger partial charge in [0, 0.05) is 6.42 Å². The van der Waals surface area contributed by atoms with Gasteiger partial charge in [-0.1, -0.05) is 52.9 Å². The van der Waals surface area contributed by atoms with E-state index in [0.717, 1.165) is 18.4 Å². The predicted octanol–water partition coefficient (Wildman–Crippen LogP) is 5.50. The fraction of sp³-hybridized carbons (Fsp3) is 0.737. The topological polar surface area (TPSA) is 26.3 Å². The molecule has 0 saturated heterocycles. The van der Waals surface area contributed by atoms with Crippen LogP contribution in [0.1, 0.15) is 66.7 Å². The third kappa shape index (κ3) is 9.22. The summed E-state index contributed by atoms with van der Waals surface area (Å²) in [5.74, 6) is 5.63. The normalized spacial score (nSPS) is 12.8. The van der Waals surface area contributed by atoms with Gasteiger partial charge in [-0.2, -0.15) is 0 Å². The lowest BCUT2D eigenvalue weighted by Gasteiger charge is -2.36. The highest BCUT2D eigenvalue weighted by molar-refractivity contribution is 6.74. The smallest absolute Gasteiger partial charge is 0.205 e. The maximum atomic E-state index is 11.6. The van der Waals surface area contributed by atoms with Crippen molar-refractivity contribution in [3.63, 3.8) is 0 Å². The van der Waals surface area contributed by atoms with E-state index in [1.807, 2.05) is 13.0 Å². The minimum Gasteiger partial charge on any atom is -0.413 e. The summed E-state index contributed by atoms with van der Waals surface area (Å²) in [6, 6.07) is 0. The second kappa shape index (κ2) is 10.0. The van der Waals surface area contributed by atoms with E-state index >= 15 is 0 Å². The quantitative estimate of drug-likeness (QED) is 0.255. The lowest BCUT2D eigenvalue weighted by atomic mass is 10.1. The van der Waals surface area contributed by atoms with Gasteiger partial charge in [-0.15, -0.1) is 0 Å². The molecule has 126 valence electrons. The van der Waals surface area contributed by atoms with Gasteiger partial charge in [0.1, 0.15) is 0 Å². The summed E-state index contributed by atoms with van der Waals surface area (Å²) in [6.45, 7) is 16.0. The Hall–Kier alpha value is -0.853. The van der Waals surface area contributed by atoms with Crippen LogP contribution in [0.5, 0.6) is 0 Å². The fourth-order valence-corrected chi connectivity index (χ4v) is 2.59. The molecule has 0 amide bonds. The van der Waals surface area contributed by atoms with E-state index in [1.54, 1.807) is 0 Å². The van der Waals surface area contributed by atoms with Crippen LogP contribution in [0.3, 0.4) is 0 Å². The highest BCUT2D eigenvalue weighted by Crippen LogP contribution is 2.36. The first-order chi connectivity index (χ1) is 10.1. The number of hydrogen-bond acceptors (Lipinski definition) is 2. The van der Waals surface area contributed by atoms with Crippen molar-refractivity contribution in [2.24, 2.45) is 0 Å². The first-order valence-corrected chi connectivity index (χ1v) is 11.3. The second-order valence-electron chi connectivity index (χ2n) is 7.54. The average Bonchev–Trinajstić information content (AvgIpc) is 2.40. The average molecular weight is 323 g/mol. The summed E-state index contributed by atoms with van der Waals surface area (Å²) < 4.78 is 6.12. The Morgan fingerprint density at radius 2 is 1.82 bits per heavy atom. The molecular formula is C19H34O2Si. The van der Waals surface area contributed by atoms with Gasteiger partial charge < -0.3 is 4.43 Å². The molecule has 0 aromatic rings. The number of unbranched alkanes of at least 4 members (excludes halogenated alkanes) is 3. The van der Waals surface area contributed by atoms with Gasteiger partial charge in [-0.3, -0.25) is 4.79 Å². The SMILES string of the molecule is CCCCCCC(=O)C#C/C=C(\C)CO[Si](C)(C)C(C)(C)C. The van der Waals surface area contributed by atoms with Crippen LogP contribution >= 0.6 is 0 Å². The van der Waals surface area contributed by atoms with Gasteiger partial charge in [0.2, 0.25) is 5.78 Å². The minimum absolute atomic E-state index is 0.0467.